The van der Waals surface area contributed by atoms with Crippen molar-refractivity contribution in [2.75, 3.05) is 24.2 Å². The molecule has 3 aromatic rings. The van der Waals surface area contributed by atoms with Gasteiger partial charge in [0.2, 0.25) is 21.8 Å². The highest BCUT2D eigenvalue weighted by Gasteiger charge is 2.32. The minimum absolute atomic E-state index is 0.163. The number of sulfonamides is 1. The lowest BCUT2D eigenvalue weighted by molar-refractivity contribution is -0.139. The maximum absolute atomic E-state index is 13.9. The fourth-order valence-electron chi connectivity index (χ4n) is 4.12. The molecule has 1 N–H and O–H groups in total. The predicted molar refractivity (Wildman–Crippen MR) is 148 cm³/mol. The summed E-state index contributed by atoms with van der Waals surface area (Å²) in [7, 11) is -2.24. The molecule has 0 radical (unpaired) electrons. The molecular weight excluding hydrogens is 486 g/mol. The van der Waals surface area contributed by atoms with Gasteiger partial charge in [-0.05, 0) is 42.2 Å². The molecule has 37 heavy (non-hydrogen) atoms. The van der Waals surface area contributed by atoms with Crippen LogP contribution >= 0.6 is 0 Å². The van der Waals surface area contributed by atoms with Gasteiger partial charge in [0.25, 0.3) is 0 Å². The molecule has 0 bridgehead atoms. The van der Waals surface area contributed by atoms with Crippen molar-refractivity contribution in [1.29, 1.82) is 0 Å². The van der Waals surface area contributed by atoms with Crippen LogP contribution in [0.25, 0.3) is 0 Å². The standard InChI is InChI=1S/C29H35N3O4S/c1-5-23-15-17-26(18-16-23)32(37(4,35)36)21-28(33)31(20-25-13-11-22(2)12-14-25)27(29(34)30-3)19-24-9-7-6-8-10-24/h6-18,27H,5,19-21H2,1-4H3,(H,30,34). The van der Waals surface area contributed by atoms with Crippen molar-refractivity contribution < 1.29 is 18.0 Å². The first kappa shape index (κ1) is 27.9. The van der Waals surface area contributed by atoms with Crippen molar-refractivity contribution >= 4 is 27.5 Å². The van der Waals surface area contributed by atoms with Crippen LogP contribution in [0.4, 0.5) is 5.69 Å². The third-order valence-electron chi connectivity index (χ3n) is 6.30. The lowest BCUT2D eigenvalue weighted by atomic mass is 10.0. The average molecular weight is 522 g/mol. The van der Waals surface area contributed by atoms with Gasteiger partial charge in [-0.15, -0.1) is 0 Å². The second-order valence-electron chi connectivity index (χ2n) is 9.12. The maximum atomic E-state index is 13.9. The zero-order chi connectivity index (χ0) is 27.0. The number of carbonyl (C=O) groups is 2. The number of nitrogens with one attached hydrogen (secondary N) is 1. The molecule has 0 saturated carbocycles. The molecule has 8 heteroatoms. The van der Waals surface area contributed by atoms with Gasteiger partial charge in [-0.2, -0.15) is 0 Å². The molecule has 3 rings (SSSR count). The molecule has 0 aromatic heterocycles. The molecule has 1 unspecified atom stereocenters. The van der Waals surface area contributed by atoms with Crippen molar-refractivity contribution in [3.63, 3.8) is 0 Å². The Labute approximate surface area is 220 Å². The molecule has 0 spiro atoms. The Balaban J connectivity index is 2.00. The number of hydrogen-bond acceptors (Lipinski definition) is 4. The first-order chi connectivity index (χ1) is 17.6. The van der Waals surface area contributed by atoms with E-state index in [1.165, 1.54) is 11.9 Å². The number of anilines is 1. The number of carbonyl (C=O) groups excluding carboxylic acids is 2. The van der Waals surface area contributed by atoms with Gasteiger partial charge in [-0.25, -0.2) is 8.42 Å². The number of nitrogens with zero attached hydrogens (tertiary/aromatic N) is 2. The number of aryl methyl sites for hydroxylation is 2. The topological polar surface area (TPSA) is 86.8 Å². The molecule has 2 amide bonds. The molecule has 0 heterocycles. The van der Waals surface area contributed by atoms with Crippen LogP contribution in [0.1, 0.15) is 29.2 Å². The molecule has 196 valence electrons. The van der Waals surface area contributed by atoms with Crippen molar-refractivity contribution in [3.8, 4) is 0 Å². The lowest BCUT2D eigenvalue weighted by Crippen LogP contribution is -2.52. The van der Waals surface area contributed by atoms with Crippen molar-refractivity contribution in [1.82, 2.24) is 10.2 Å². The zero-order valence-corrected chi connectivity index (χ0v) is 22.7. The Kier molecular flexibility index (Phi) is 9.47. The monoisotopic (exact) mass is 521 g/mol. The van der Waals surface area contributed by atoms with Gasteiger partial charge in [-0.3, -0.25) is 13.9 Å². The minimum Gasteiger partial charge on any atom is -0.357 e. The van der Waals surface area contributed by atoms with Crippen LogP contribution in [0.3, 0.4) is 0 Å². The molecule has 3 aromatic carbocycles. The number of benzene rings is 3. The summed E-state index contributed by atoms with van der Waals surface area (Å²) in [4.78, 5) is 28.4. The van der Waals surface area contributed by atoms with Crippen molar-refractivity contribution in [3.05, 3.63) is 101 Å². The van der Waals surface area contributed by atoms with Crippen LogP contribution in [0.5, 0.6) is 0 Å². The molecule has 1 atom stereocenters. The van der Waals surface area contributed by atoms with Crippen molar-refractivity contribution in [2.24, 2.45) is 0 Å². The van der Waals surface area contributed by atoms with Gasteiger partial charge in [0.05, 0.1) is 11.9 Å². The first-order valence-corrected chi connectivity index (χ1v) is 14.1. The van der Waals surface area contributed by atoms with E-state index in [4.69, 9.17) is 0 Å². The summed E-state index contributed by atoms with van der Waals surface area (Å²) in [6, 6.07) is 23.5. The predicted octanol–water partition coefficient (Wildman–Crippen LogP) is 3.71. The Morgan fingerprint density at radius 1 is 0.865 bits per heavy atom. The Morgan fingerprint density at radius 3 is 2.00 bits per heavy atom. The van der Waals surface area contributed by atoms with Gasteiger partial charge < -0.3 is 10.2 Å². The average Bonchev–Trinajstić information content (AvgIpc) is 2.89. The van der Waals surface area contributed by atoms with Crippen LogP contribution in [0.2, 0.25) is 0 Å². The Bertz CT molecular complexity index is 1290. The van der Waals surface area contributed by atoms with E-state index in [-0.39, 0.29) is 12.5 Å². The molecule has 0 aliphatic carbocycles. The van der Waals surface area contributed by atoms with Crippen LogP contribution in [-0.2, 0) is 39.0 Å². The van der Waals surface area contributed by atoms with Gasteiger partial charge in [0, 0.05) is 20.0 Å². The number of amides is 2. The van der Waals surface area contributed by atoms with E-state index < -0.39 is 28.5 Å². The van der Waals surface area contributed by atoms with Crippen LogP contribution in [-0.4, -0.2) is 51.0 Å². The zero-order valence-electron chi connectivity index (χ0n) is 21.8. The fraction of sp³-hybridized carbons (Fsp3) is 0.310. The summed E-state index contributed by atoms with van der Waals surface area (Å²) in [5.41, 5.74) is 4.29. The second-order valence-corrected chi connectivity index (χ2v) is 11.0. The molecule has 0 fully saturated rings. The smallest absolute Gasteiger partial charge is 0.244 e. The van der Waals surface area contributed by atoms with Gasteiger partial charge in [0.1, 0.15) is 12.6 Å². The van der Waals surface area contributed by atoms with Gasteiger partial charge >= 0.3 is 0 Å². The Hall–Kier alpha value is -3.65. The summed E-state index contributed by atoms with van der Waals surface area (Å²) in [5, 5.41) is 2.68. The number of rotatable bonds is 11. The highest BCUT2D eigenvalue weighted by molar-refractivity contribution is 7.92. The van der Waals surface area contributed by atoms with Crippen LogP contribution in [0.15, 0.2) is 78.9 Å². The summed E-state index contributed by atoms with van der Waals surface area (Å²) < 4.78 is 26.6. The van der Waals surface area contributed by atoms with E-state index in [2.05, 4.69) is 5.32 Å². The van der Waals surface area contributed by atoms with E-state index in [9.17, 15) is 18.0 Å². The third kappa shape index (κ3) is 7.67. The highest BCUT2D eigenvalue weighted by Crippen LogP contribution is 2.21. The molecular formula is C29H35N3O4S. The van der Waals surface area contributed by atoms with E-state index in [0.29, 0.717) is 12.1 Å². The van der Waals surface area contributed by atoms with E-state index in [0.717, 1.165) is 39.2 Å². The third-order valence-corrected chi connectivity index (χ3v) is 7.44. The summed E-state index contributed by atoms with van der Waals surface area (Å²) >= 11 is 0. The summed E-state index contributed by atoms with van der Waals surface area (Å²) in [6.45, 7) is 3.74. The number of hydrogen-bond donors (Lipinski definition) is 1. The summed E-state index contributed by atoms with van der Waals surface area (Å²) in [6.07, 6.45) is 2.19. The lowest BCUT2D eigenvalue weighted by Gasteiger charge is -2.33. The quantitative estimate of drug-likeness (QED) is 0.417. The molecule has 0 aliphatic heterocycles. The first-order valence-electron chi connectivity index (χ1n) is 12.3. The SMILES string of the molecule is CCc1ccc(N(CC(=O)N(Cc2ccc(C)cc2)C(Cc2ccccc2)C(=O)NC)S(C)(=O)=O)cc1. The number of likely N-dealkylation sites (N-methyl/N-ethyl adjacent to an activating group) is 1. The fourth-order valence-corrected chi connectivity index (χ4v) is 4.97. The largest absolute Gasteiger partial charge is 0.357 e. The van der Waals surface area contributed by atoms with E-state index >= 15 is 0 Å². The van der Waals surface area contributed by atoms with Crippen LogP contribution in [0, 0.1) is 6.92 Å². The molecule has 0 aliphatic rings. The van der Waals surface area contributed by atoms with Gasteiger partial charge in [-0.1, -0.05) is 79.2 Å². The minimum atomic E-state index is -3.77. The van der Waals surface area contributed by atoms with E-state index in [1.54, 1.807) is 12.1 Å². The van der Waals surface area contributed by atoms with Crippen molar-refractivity contribution in [2.45, 2.75) is 39.3 Å². The highest BCUT2D eigenvalue weighted by atomic mass is 32.2. The summed E-state index contributed by atoms with van der Waals surface area (Å²) in [5.74, 6) is -0.780. The molecule has 7 nitrogen and oxygen atoms in total. The Morgan fingerprint density at radius 2 is 1.46 bits per heavy atom. The van der Waals surface area contributed by atoms with E-state index in [1.807, 2.05) is 80.6 Å². The normalized spacial score (nSPS) is 12.0. The maximum Gasteiger partial charge on any atom is 0.244 e. The second kappa shape index (κ2) is 12.5. The molecule has 0 saturated heterocycles. The van der Waals surface area contributed by atoms with Gasteiger partial charge in [0.15, 0.2) is 0 Å². The van der Waals surface area contributed by atoms with Crippen LogP contribution < -0.4 is 9.62 Å².